The Morgan fingerprint density at radius 2 is 2.00 bits per heavy atom. The monoisotopic (exact) mass is 342 g/mol. The van der Waals surface area contributed by atoms with Crippen molar-refractivity contribution in [1.29, 1.82) is 0 Å². The molecule has 1 amide bonds. The molecule has 5 heteroatoms. The first-order valence-electron chi connectivity index (χ1n) is 8.51. The van der Waals surface area contributed by atoms with Crippen LogP contribution < -0.4 is 5.32 Å². The zero-order chi connectivity index (χ0) is 17.8. The number of aromatic amines is 1. The molecule has 0 saturated carbocycles. The van der Waals surface area contributed by atoms with Gasteiger partial charge in [0.05, 0.1) is 11.3 Å². The van der Waals surface area contributed by atoms with Crippen LogP contribution in [0.1, 0.15) is 27.3 Å². The standard InChI is InChI=1S/C21H18N4O/c26-21-18-13-20(25-19(18)8-11-24-21)16-7-10-23-17(12-16)6-2-1-4-15-5-3-9-22-14-15/h1-7,9-10,12-14,25H,8,11H2,(H,24,26)/b4-1+,6-2+. The van der Waals surface area contributed by atoms with Crippen molar-refractivity contribution in [2.45, 2.75) is 6.42 Å². The molecule has 5 nitrogen and oxygen atoms in total. The van der Waals surface area contributed by atoms with Crippen LogP contribution in [0.4, 0.5) is 0 Å². The number of allylic oxidation sites excluding steroid dienone is 2. The van der Waals surface area contributed by atoms with Gasteiger partial charge >= 0.3 is 0 Å². The van der Waals surface area contributed by atoms with Gasteiger partial charge in [-0.25, -0.2) is 0 Å². The molecule has 0 atom stereocenters. The molecule has 0 aliphatic carbocycles. The zero-order valence-electron chi connectivity index (χ0n) is 14.1. The molecule has 4 rings (SSSR count). The lowest BCUT2D eigenvalue weighted by molar-refractivity contribution is 0.0946. The number of pyridine rings is 2. The molecule has 0 aromatic carbocycles. The molecule has 0 saturated heterocycles. The van der Waals surface area contributed by atoms with E-state index in [4.69, 9.17) is 0 Å². The van der Waals surface area contributed by atoms with Gasteiger partial charge in [0.25, 0.3) is 5.91 Å². The number of rotatable bonds is 4. The zero-order valence-corrected chi connectivity index (χ0v) is 14.1. The maximum Gasteiger partial charge on any atom is 0.253 e. The molecule has 0 fully saturated rings. The molecule has 128 valence electrons. The van der Waals surface area contributed by atoms with Gasteiger partial charge in [-0.3, -0.25) is 14.8 Å². The Bertz CT molecular complexity index is 986. The number of hydrogen-bond donors (Lipinski definition) is 2. The van der Waals surface area contributed by atoms with E-state index in [1.165, 1.54) is 0 Å². The number of carbonyl (C=O) groups is 1. The summed E-state index contributed by atoms with van der Waals surface area (Å²) in [5.41, 5.74) is 5.59. The highest BCUT2D eigenvalue weighted by Gasteiger charge is 2.19. The van der Waals surface area contributed by atoms with Crippen LogP contribution in [0.5, 0.6) is 0 Å². The van der Waals surface area contributed by atoms with Crippen molar-refractivity contribution in [2.24, 2.45) is 0 Å². The predicted octanol–water partition coefficient (Wildman–Crippen LogP) is 3.48. The van der Waals surface area contributed by atoms with E-state index in [2.05, 4.69) is 20.3 Å². The summed E-state index contributed by atoms with van der Waals surface area (Å²) >= 11 is 0. The Morgan fingerprint density at radius 1 is 1.08 bits per heavy atom. The van der Waals surface area contributed by atoms with Gasteiger partial charge in [0.15, 0.2) is 0 Å². The minimum absolute atomic E-state index is 0.0107. The van der Waals surface area contributed by atoms with Gasteiger partial charge in [-0.05, 0) is 35.9 Å². The normalized spacial score (nSPS) is 13.9. The molecule has 0 spiro atoms. The van der Waals surface area contributed by atoms with Crippen molar-refractivity contribution in [3.63, 3.8) is 0 Å². The molecule has 1 aliphatic heterocycles. The third-order valence-electron chi connectivity index (χ3n) is 4.25. The molecule has 0 bridgehead atoms. The molecule has 1 aliphatic rings. The Hall–Kier alpha value is -3.47. The number of fused-ring (bicyclic) bond motifs is 1. The summed E-state index contributed by atoms with van der Waals surface area (Å²) < 4.78 is 0. The first kappa shape index (κ1) is 16.0. The molecule has 3 aromatic rings. The van der Waals surface area contributed by atoms with Crippen molar-refractivity contribution in [2.75, 3.05) is 6.54 Å². The van der Waals surface area contributed by atoms with Gasteiger partial charge in [0, 0.05) is 48.5 Å². The lowest BCUT2D eigenvalue weighted by atomic mass is 10.1. The molecule has 2 N–H and O–H groups in total. The lowest BCUT2D eigenvalue weighted by Crippen LogP contribution is -2.31. The van der Waals surface area contributed by atoms with Crippen LogP contribution in [0.15, 0.2) is 61.1 Å². The Balaban J connectivity index is 1.53. The van der Waals surface area contributed by atoms with E-state index in [1.807, 2.05) is 60.8 Å². The van der Waals surface area contributed by atoms with Crippen LogP contribution in [0.25, 0.3) is 23.4 Å². The van der Waals surface area contributed by atoms with Gasteiger partial charge in [0.2, 0.25) is 0 Å². The summed E-state index contributed by atoms with van der Waals surface area (Å²) in [5.74, 6) is -0.0107. The van der Waals surface area contributed by atoms with Crippen LogP contribution in [-0.4, -0.2) is 27.4 Å². The predicted molar refractivity (Wildman–Crippen MR) is 102 cm³/mol. The Kier molecular flexibility index (Phi) is 4.43. The molecular formula is C21H18N4O. The van der Waals surface area contributed by atoms with Crippen molar-refractivity contribution in [3.05, 3.63) is 83.6 Å². The second-order valence-electron chi connectivity index (χ2n) is 6.06. The van der Waals surface area contributed by atoms with Crippen molar-refractivity contribution >= 4 is 18.1 Å². The number of aromatic nitrogens is 3. The van der Waals surface area contributed by atoms with E-state index in [0.29, 0.717) is 6.54 Å². The van der Waals surface area contributed by atoms with E-state index in [1.54, 1.807) is 12.4 Å². The van der Waals surface area contributed by atoms with Gasteiger partial charge in [0.1, 0.15) is 0 Å². The minimum Gasteiger partial charge on any atom is -0.358 e. The maximum atomic E-state index is 11.9. The lowest BCUT2D eigenvalue weighted by Gasteiger charge is -2.10. The van der Waals surface area contributed by atoms with Crippen LogP contribution in [0, 0.1) is 0 Å². The third kappa shape index (κ3) is 3.47. The van der Waals surface area contributed by atoms with Crippen LogP contribution in [0.3, 0.4) is 0 Å². The molecule has 0 radical (unpaired) electrons. The maximum absolute atomic E-state index is 11.9. The Labute approximate surface area is 151 Å². The highest BCUT2D eigenvalue weighted by Crippen LogP contribution is 2.24. The molecule has 4 heterocycles. The first-order chi connectivity index (χ1) is 12.8. The number of hydrogen-bond acceptors (Lipinski definition) is 3. The van der Waals surface area contributed by atoms with E-state index >= 15 is 0 Å². The van der Waals surface area contributed by atoms with Gasteiger partial charge in [-0.1, -0.05) is 24.3 Å². The fourth-order valence-corrected chi connectivity index (χ4v) is 2.95. The topological polar surface area (TPSA) is 70.7 Å². The summed E-state index contributed by atoms with van der Waals surface area (Å²) in [6.45, 7) is 0.680. The number of nitrogens with one attached hydrogen (secondary N) is 2. The molecule has 0 unspecified atom stereocenters. The first-order valence-corrected chi connectivity index (χ1v) is 8.51. The van der Waals surface area contributed by atoms with Crippen LogP contribution in [-0.2, 0) is 6.42 Å². The molecular weight excluding hydrogens is 324 g/mol. The number of nitrogens with zero attached hydrogens (tertiary/aromatic N) is 2. The Morgan fingerprint density at radius 3 is 2.85 bits per heavy atom. The fourth-order valence-electron chi connectivity index (χ4n) is 2.95. The van der Waals surface area contributed by atoms with E-state index < -0.39 is 0 Å². The minimum atomic E-state index is -0.0107. The number of amides is 1. The van der Waals surface area contributed by atoms with E-state index in [9.17, 15) is 4.79 Å². The van der Waals surface area contributed by atoms with Gasteiger partial charge in [-0.2, -0.15) is 0 Å². The molecule has 3 aromatic heterocycles. The second kappa shape index (κ2) is 7.19. The largest absolute Gasteiger partial charge is 0.358 e. The average Bonchev–Trinajstić information content (AvgIpc) is 3.12. The number of H-pyrrole nitrogens is 1. The quantitative estimate of drug-likeness (QED) is 0.713. The van der Waals surface area contributed by atoms with Gasteiger partial charge in [-0.15, -0.1) is 0 Å². The summed E-state index contributed by atoms with van der Waals surface area (Å²) in [6, 6.07) is 9.76. The summed E-state index contributed by atoms with van der Waals surface area (Å²) in [6.07, 6.45) is 14.0. The highest BCUT2D eigenvalue weighted by atomic mass is 16.1. The average molecular weight is 342 g/mol. The SMILES string of the molecule is O=C1NCCc2[nH]c(-c3ccnc(/C=C/C=C/c4cccnc4)c3)cc21. The molecule has 26 heavy (non-hydrogen) atoms. The smallest absolute Gasteiger partial charge is 0.253 e. The van der Waals surface area contributed by atoms with Gasteiger partial charge < -0.3 is 10.3 Å². The summed E-state index contributed by atoms with van der Waals surface area (Å²) in [5, 5.41) is 2.87. The van der Waals surface area contributed by atoms with Crippen LogP contribution in [0.2, 0.25) is 0 Å². The second-order valence-corrected chi connectivity index (χ2v) is 6.06. The fraction of sp³-hybridized carbons (Fsp3) is 0.0952. The number of carbonyl (C=O) groups excluding carboxylic acids is 1. The van der Waals surface area contributed by atoms with Crippen LogP contribution >= 0.6 is 0 Å². The van der Waals surface area contributed by atoms with Crippen molar-refractivity contribution < 1.29 is 4.79 Å². The van der Waals surface area contributed by atoms with Crippen molar-refractivity contribution in [3.8, 4) is 11.3 Å². The summed E-state index contributed by atoms with van der Waals surface area (Å²) in [7, 11) is 0. The van der Waals surface area contributed by atoms with Crippen molar-refractivity contribution in [1.82, 2.24) is 20.3 Å². The van der Waals surface area contributed by atoms with E-state index in [0.717, 1.165) is 40.2 Å². The third-order valence-corrected chi connectivity index (χ3v) is 4.25. The van der Waals surface area contributed by atoms with E-state index in [-0.39, 0.29) is 5.91 Å². The summed E-state index contributed by atoms with van der Waals surface area (Å²) in [4.78, 5) is 23.7. The highest BCUT2D eigenvalue weighted by molar-refractivity contribution is 5.97.